The highest BCUT2D eigenvalue weighted by molar-refractivity contribution is 7.79. The van der Waals surface area contributed by atoms with E-state index in [1.54, 1.807) is 11.0 Å². The molecule has 0 aromatic heterocycles. The van der Waals surface area contributed by atoms with E-state index in [0.29, 0.717) is 18.7 Å². The van der Waals surface area contributed by atoms with Crippen molar-refractivity contribution >= 4 is 28.6 Å². The van der Waals surface area contributed by atoms with E-state index in [1.165, 1.54) is 12.1 Å². The largest absolute Gasteiger partial charge is 0.768 e. The molecule has 2 rings (SSSR count). The van der Waals surface area contributed by atoms with Crippen LogP contribution in [0.5, 0.6) is 0 Å². The number of hydrogen-bond donors (Lipinski definition) is 1. The Labute approximate surface area is 112 Å². The van der Waals surface area contributed by atoms with E-state index in [1.807, 2.05) is 0 Å². The van der Waals surface area contributed by atoms with Crippen molar-refractivity contribution < 1.29 is 13.6 Å². The first-order valence-electron chi connectivity index (χ1n) is 5.48. The van der Waals surface area contributed by atoms with Crippen LogP contribution in [0.2, 0.25) is 5.02 Å². The lowest BCUT2D eigenvalue weighted by Crippen LogP contribution is -2.46. The van der Waals surface area contributed by atoms with Gasteiger partial charge in [-0.05, 0) is 29.3 Å². The number of piperazine rings is 1. The number of hydrogen-bond acceptors (Lipinski definition) is 4. The zero-order valence-electron chi connectivity index (χ0n) is 9.52. The summed E-state index contributed by atoms with van der Waals surface area (Å²) in [5.74, 6) is -0.167. The molecule has 1 N–H and O–H groups in total. The van der Waals surface area contributed by atoms with E-state index < -0.39 is 11.1 Å². The minimum atomic E-state index is -2.44. The van der Waals surface area contributed by atoms with Gasteiger partial charge in [-0.1, -0.05) is 11.6 Å². The Morgan fingerprint density at radius 3 is 2.67 bits per heavy atom. The molecule has 0 radical (unpaired) electrons. The first kappa shape index (κ1) is 13.5. The Balaban J connectivity index is 2.24. The van der Waals surface area contributed by atoms with Gasteiger partial charge in [0.05, 0.1) is 5.02 Å². The number of carbonyl (C=O) groups excluding carboxylic acids is 1. The third kappa shape index (κ3) is 2.89. The average Bonchev–Trinajstić information content (AvgIpc) is 2.39. The fraction of sp³-hybridized carbons (Fsp3) is 0.364. The van der Waals surface area contributed by atoms with E-state index in [-0.39, 0.29) is 15.8 Å². The number of nitrogens with zero attached hydrogens (tertiary/aromatic N) is 1. The summed E-state index contributed by atoms with van der Waals surface area (Å²) in [5.41, 5.74) is 0.348. The lowest BCUT2D eigenvalue weighted by atomic mass is 10.2. The molecular weight excluding hydrogens is 276 g/mol. The zero-order valence-corrected chi connectivity index (χ0v) is 11.1. The number of amides is 1. The molecule has 1 aromatic rings. The van der Waals surface area contributed by atoms with Gasteiger partial charge in [-0.15, -0.1) is 0 Å². The quantitative estimate of drug-likeness (QED) is 0.810. The smallest absolute Gasteiger partial charge is 0.253 e. The van der Waals surface area contributed by atoms with Gasteiger partial charge in [0.15, 0.2) is 0 Å². The molecule has 1 heterocycles. The van der Waals surface area contributed by atoms with Crippen molar-refractivity contribution in [2.45, 2.75) is 4.90 Å². The topological polar surface area (TPSA) is 72.5 Å². The monoisotopic (exact) mass is 287 g/mol. The lowest BCUT2D eigenvalue weighted by molar-refractivity contribution is 0.0735. The predicted octanol–water partition coefficient (Wildman–Crippen LogP) is 0.623. The van der Waals surface area contributed by atoms with Gasteiger partial charge in [0, 0.05) is 36.6 Å². The highest BCUT2D eigenvalue weighted by Gasteiger charge is 2.18. The number of nitrogens with one attached hydrogen (secondary N) is 1. The minimum absolute atomic E-state index is 0.0438. The summed E-state index contributed by atoms with van der Waals surface area (Å²) in [5, 5.41) is 3.27. The van der Waals surface area contributed by atoms with Crippen LogP contribution >= 0.6 is 11.6 Å². The maximum Gasteiger partial charge on any atom is 0.253 e. The van der Waals surface area contributed by atoms with Crippen LogP contribution in [-0.2, 0) is 11.1 Å². The van der Waals surface area contributed by atoms with Crippen LogP contribution in [0.4, 0.5) is 0 Å². The number of carbonyl (C=O) groups is 1. The maximum atomic E-state index is 12.1. The van der Waals surface area contributed by atoms with Crippen LogP contribution in [0.15, 0.2) is 23.1 Å². The second-order valence-electron chi connectivity index (χ2n) is 3.92. The zero-order chi connectivity index (χ0) is 13.1. The second kappa shape index (κ2) is 5.79. The Bertz CT molecular complexity index is 489. The molecule has 1 aliphatic rings. The molecule has 5 nitrogen and oxygen atoms in total. The number of rotatable bonds is 2. The Morgan fingerprint density at radius 1 is 1.39 bits per heavy atom. The third-order valence-electron chi connectivity index (χ3n) is 2.76. The van der Waals surface area contributed by atoms with Crippen LogP contribution < -0.4 is 5.32 Å². The van der Waals surface area contributed by atoms with Crippen molar-refractivity contribution in [2.75, 3.05) is 26.2 Å². The van der Waals surface area contributed by atoms with Crippen LogP contribution in [0.3, 0.4) is 0 Å². The summed E-state index contributed by atoms with van der Waals surface area (Å²) in [4.78, 5) is 13.8. The molecular formula is C11H12ClN2O3S-. The predicted molar refractivity (Wildman–Crippen MR) is 67.4 cm³/mol. The minimum Gasteiger partial charge on any atom is -0.768 e. The number of halogens is 1. The summed E-state index contributed by atoms with van der Waals surface area (Å²) >= 11 is 3.32. The van der Waals surface area contributed by atoms with Crippen LogP contribution in [0.1, 0.15) is 10.4 Å². The molecule has 98 valence electrons. The Hall–Kier alpha value is -0.950. The van der Waals surface area contributed by atoms with Crippen LogP contribution in [0, 0.1) is 0 Å². The summed E-state index contributed by atoms with van der Waals surface area (Å²) in [6.07, 6.45) is 0. The van der Waals surface area contributed by atoms with Crippen molar-refractivity contribution in [3.8, 4) is 0 Å². The average molecular weight is 288 g/mol. The summed E-state index contributed by atoms with van der Waals surface area (Å²) in [6, 6.07) is 4.29. The van der Waals surface area contributed by atoms with Crippen molar-refractivity contribution in [3.05, 3.63) is 28.8 Å². The third-order valence-corrected chi connectivity index (χ3v) is 3.90. The fourth-order valence-electron chi connectivity index (χ4n) is 1.81. The lowest BCUT2D eigenvalue weighted by Gasteiger charge is -2.27. The van der Waals surface area contributed by atoms with E-state index in [2.05, 4.69) is 5.32 Å². The number of benzene rings is 1. The van der Waals surface area contributed by atoms with Crippen LogP contribution in [-0.4, -0.2) is 45.7 Å². The Morgan fingerprint density at radius 2 is 2.06 bits per heavy atom. The second-order valence-corrected chi connectivity index (χ2v) is 5.24. The van der Waals surface area contributed by atoms with Gasteiger partial charge in [0.25, 0.3) is 5.91 Å². The maximum absolute atomic E-state index is 12.1. The van der Waals surface area contributed by atoms with Gasteiger partial charge in [-0.2, -0.15) is 0 Å². The molecule has 1 unspecified atom stereocenters. The van der Waals surface area contributed by atoms with E-state index in [0.717, 1.165) is 13.1 Å². The highest BCUT2D eigenvalue weighted by atomic mass is 35.5. The van der Waals surface area contributed by atoms with E-state index in [4.69, 9.17) is 11.6 Å². The fourth-order valence-corrected chi connectivity index (χ4v) is 2.57. The molecule has 0 aliphatic carbocycles. The molecule has 1 aromatic carbocycles. The molecule has 1 saturated heterocycles. The molecule has 1 amide bonds. The molecule has 18 heavy (non-hydrogen) atoms. The standard InChI is InChI=1S/C11H13ClN2O3S/c12-9-2-1-8(7-10(9)18(16)17)11(15)14-5-3-13-4-6-14/h1-2,7,13H,3-6H2,(H,16,17)/p-1. The first-order chi connectivity index (χ1) is 8.59. The summed E-state index contributed by atoms with van der Waals surface area (Å²) in [6.45, 7) is 2.74. The molecule has 1 aliphatic heterocycles. The molecule has 7 heteroatoms. The first-order valence-corrected chi connectivity index (χ1v) is 6.93. The van der Waals surface area contributed by atoms with E-state index >= 15 is 0 Å². The van der Waals surface area contributed by atoms with Gasteiger partial charge in [0.1, 0.15) is 0 Å². The molecule has 0 saturated carbocycles. The van der Waals surface area contributed by atoms with Crippen molar-refractivity contribution in [3.63, 3.8) is 0 Å². The van der Waals surface area contributed by atoms with Gasteiger partial charge in [-0.25, -0.2) is 0 Å². The molecule has 1 atom stereocenters. The summed E-state index contributed by atoms with van der Waals surface area (Å²) in [7, 11) is 0. The van der Waals surface area contributed by atoms with Crippen molar-refractivity contribution in [1.29, 1.82) is 0 Å². The normalized spacial score (nSPS) is 17.6. The highest BCUT2D eigenvalue weighted by Crippen LogP contribution is 2.21. The van der Waals surface area contributed by atoms with Gasteiger partial charge in [0.2, 0.25) is 0 Å². The Kier molecular flexibility index (Phi) is 4.34. The molecule has 0 spiro atoms. The summed E-state index contributed by atoms with van der Waals surface area (Å²) < 4.78 is 21.9. The van der Waals surface area contributed by atoms with Gasteiger partial charge in [-0.3, -0.25) is 9.00 Å². The van der Waals surface area contributed by atoms with Crippen LogP contribution in [0.25, 0.3) is 0 Å². The van der Waals surface area contributed by atoms with Crippen molar-refractivity contribution in [1.82, 2.24) is 10.2 Å². The molecule has 0 bridgehead atoms. The SMILES string of the molecule is O=C(c1ccc(Cl)c(S(=O)[O-])c1)N1CCNCC1. The molecule has 1 fully saturated rings. The van der Waals surface area contributed by atoms with Crippen molar-refractivity contribution in [2.24, 2.45) is 0 Å². The van der Waals surface area contributed by atoms with E-state index in [9.17, 15) is 13.6 Å². The van der Waals surface area contributed by atoms with Gasteiger partial charge >= 0.3 is 0 Å². The van der Waals surface area contributed by atoms with Gasteiger partial charge < -0.3 is 14.8 Å².